The van der Waals surface area contributed by atoms with Gasteiger partial charge in [0.15, 0.2) is 0 Å². The maximum atomic E-state index is 4.78. The molecule has 0 saturated heterocycles. The lowest BCUT2D eigenvalue weighted by Crippen LogP contribution is -1.80. The van der Waals surface area contributed by atoms with Crippen LogP contribution in [0.1, 0.15) is 5.56 Å². The second-order valence-electron chi connectivity index (χ2n) is 1.64. The number of rotatable bonds is 1. The van der Waals surface area contributed by atoms with Crippen molar-refractivity contribution in [1.29, 1.82) is 0 Å². The molecule has 0 spiro atoms. The topological polar surface area (TPSA) is 0 Å². The van der Waals surface area contributed by atoms with Crippen molar-refractivity contribution in [1.82, 2.24) is 0 Å². The largest absolute Gasteiger partial charge is 0.0880 e. The van der Waals surface area contributed by atoms with Gasteiger partial charge in [0, 0.05) is 8.94 Å². The molecule has 0 amide bonds. The Morgan fingerprint density at radius 2 is 2.00 bits per heavy atom. The molecule has 2 heteroatoms. The maximum Gasteiger partial charge on any atom is 0.0211 e. The quantitative estimate of drug-likeness (QED) is 0.543. The Kier molecular flexibility index (Phi) is 2.60. The first kappa shape index (κ1) is 7.15. The summed E-state index contributed by atoms with van der Waals surface area (Å²) in [6, 6.07) is 8.04. The average molecular weight is 248 g/mol. The van der Waals surface area contributed by atoms with Crippen LogP contribution < -0.4 is 0 Å². The molecule has 46 valence electrons. The zero-order valence-electron chi connectivity index (χ0n) is 4.67. The highest BCUT2D eigenvalue weighted by molar-refractivity contribution is 14.1. The molecular weight excluding hydrogens is 243 g/mol. The van der Waals surface area contributed by atoms with Crippen LogP contribution in [0.25, 0.3) is 0 Å². The van der Waals surface area contributed by atoms with Gasteiger partial charge in [-0.3, -0.25) is 0 Å². The lowest BCUT2D eigenvalue weighted by molar-refractivity contribution is 1.62. The first-order valence-corrected chi connectivity index (χ1v) is 4.09. The Labute approximate surface area is 73.4 Å². The summed E-state index contributed by atoms with van der Waals surface area (Å²) in [5.74, 6) is 0. The fourth-order valence-corrected chi connectivity index (χ4v) is 1.53. The van der Waals surface area contributed by atoms with Crippen molar-refractivity contribution in [3.63, 3.8) is 0 Å². The molecule has 9 heavy (non-hydrogen) atoms. The van der Waals surface area contributed by atoms with E-state index in [9.17, 15) is 0 Å². The van der Waals surface area contributed by atoms with Crippen molar-refractivity contribution in [3.05, 3.63) is 33.4 Å². The Balaban J connectivity index is 3.15. The third kappa shape index (κ3) is 1.72. The molecule has 0 radical (unpaired) electrons. The van der Waals surface area contributed by atoms with Crippen molar-refractivity contribution < 1.29 is 0 Å². The predicted octanol–water partition coefficient (Wildman–Crippen LogP) is 2.64. The number of benzene rings is 1. The molecular formula is C7H5IS. The summed E-state index contributed by atoms with van der Waals surface area (Å²) in [6.07, 6.45) is 0. The molecule has 0 fully saturated rings. The van der Waals surface area contributed by atoms with Gasteiger partial charge in [-0.05, 0) is 34.2 Å². The smallest absolute Gasteiger partial charge is 0.0211 e. The van der Waals surface area contributed by atoms with Crippen molar-refractivity contribution in [2.45, 2.75) is 0 Å². The van der Waals surface area contributed by atoms with Gasteiger partial charge in [-0.25, -0.2) is 0 Å². The average Bonchev–Trinajstić information content (AvgIpc) is 1.89. The Hall–Kier alpha value is 0.0400. The number of hydrogen-bond acceptors (Lipinski definition) is 1. The standard InChI is InChI=1S/C7H5IS/c8-7-4-2-1-3-6(7)5-9/h1-5H. The van der Waals surface area contributed by atoms with Crippen LogP contribution in [0.15, 0.2) is 24.3 Å². The van der Waals surface area contributed by atoms with E-state index >= 15 is 0 Å². The molecule has 0 aliphatic heterocycles. The van der Waals surface area contributed by atoms with E-state index in [2.05, 4.69) is 22.6 Å². The molecule has 0 bridgehead atoms. The van der Waals surface area contributed by atoms with E-state index in [1.165, 1.54) is 3.57 Å². The van der Waals surface area contributed by atoms with Crippen LogP contribution in [0.3, 0.4) is 0 Å². The van der Waals surface area contributed by atoms with Gasteiger partial charge in [0.2, 0.25) is 0 Å². The van der Waals surface area contributed by atoms with Gasteiger partial charge in [-0.2, -0.15) is 0 Å². The van der Waals surface area contributed by atoms with Crippen molar-refractivity contribution in [3.8, 4) is 0 Å². The molecule has 0 aromatic heterocycles. The summed E-state index contributed by atoms with van der Waals surface area (Å²) in [4.78, 5) is 0. The fourth-order valence-electron chi connectivity index (χ4n) is 0.571. The Morgan fingerprint density at radius 1 is 1.33 bits per heavy atom. The molecule has 0 heterocycles. The van der Waals surface area contributed by atoms with Crippen LogP contribution in [0, 0.1) is 3.57 Å². The summed E-state index contributed by atoms with van der Waals surface area (Å²) in [5.41, 5.74) is 1.13. The normalized spacial score (nSPS) is 9.00. The van der Waals surface area contributed by atoms with Gasteiger partial charge >= 0.3 is 0 Å². The van der Waals surface area contributed by atoms with E-state index in [1.807, 2.05) is 24.3 Å². The summed E-state index contributed by atoms with van der Waals surface area (Å²) < 4.78 is 1.21. The van der Waals surface area contributed by atoms with Crippen molar-refractivity contribution in [2.24, 2.45) is 0 Å². The molecule has 0 atom stereocenters. The number of halogens is 1. The summed E-state index contributed by atoms with van der Waals surface area (Å²) in [6.45, 7) is 0. The minimum absolute atomic E-state index is 1.13. The first-order valence-electron chi connectivity index (χ1n) is 2.54. The van der Waals surface area contributed by atoms with Gasteiger partial charge in [-0.1, -0.05) is 30.4 Å². The maximum absolute atomic E-state index is 4.78. The highest BCUT2D eigenvalue weighted by Crippen LogP contribution is 2.08. The molecule has 1 aromatic rings. The van der Waals surface area contributed by atoms with E-state index in [-0.39, 0.29) is 0 Å². The van der Waals surface area contributed by atoms with Gasteiger partial charge < -0.3 is 0 Å². The molecule has 0 aliphatic rings. The molecule has 0 saturated carbocycles. The summed E-state index contributed by atoms with van der Waals surface area (Å²) >= 11 is 7.04. The second kappa shape index (κ2) is 3.27. The van der Waals surface area contributed by atoms with E-state index in [1.54, 1.807) is 5.37 Å². The SMILES string of the molecule is S=Cc1ccccc1I. The van der Waals surface area contributed by atoms with Crippen LogP contribution in [0.4, 0.5) is 0 Å². The highest BCUT2D eigenvalue weighted by Gasteiger charge is 1.89. The summed E-state index contributed by atoms with van der Waals surface area (Å²) in [5, 5.41) is 1.70. The first-order chi connectivity index (χ1) is 4.34. The molecule has 0 nitrogen and oxygen atoms in total. The lowest BCUT2D eigenvalue weighted by Gasteiger charge is -1.92. The van der Waals surface area contributed by atoms with Gasteiger partial charge in [0.25, 0.3) is 0 Å². The molecule has 1 aromatic carbocycles. The van der Waals surface area contributed by atoms with Crippen LogP contribution in [-0.2, 0) is 0 Å². The van der Waals surface area contributed by atoms with Crippen LogP contribution in [-0.4, -0.2) is 5.37 Å². The molecule has 0 aliphatic carbocycles. The zero-order chi connectivity index (χ0) is 6.69. The van der Waals surface area contributed by atoms with Crippen LogP contribution in [0.5, 0.6) is 0 Å². The minimum Gasteiger partial charge on any atom is -0.0880 e. The predicted molar refractivity (Wildman–Crippen MR) is 51.9 cm³/mol. The Bertz CT molecular complexity index is 220. The third-order valence-corrected chi connectivity index (χ3v) is 2.27. The lowest BCUT2D eigenvalue weighted by atomic mass is 10.2. The van der Waals surface area contributed by atoms with Crippen LogP contribution >= 0.6 is 34.8 Å². The van der Waals surface area contributed by atoms with Crippen LogP contribution in [0.2, 0.25) is 0 Å². The molecule has 1 rings (SSSR count). The molecule has 0 unspecified atom stereocenters. The van der Waals surface area contributed by atoms with E-state index in [4.69, 9.17) is 12.2 Å². The monoisotopic (exact) mass is 248 g/mol. The van der Waals surface area contributed by atoms with Crippen molar-refractivity contribution in [2.75, 3.05) is 0 Å². The van der Waals surface area contributed by atoms with Crippen molar-refractivity contribution >= 4 is 40.2 Å². The third-order valence-electron chi connectivity index (χ3n) is 1.03. The fraction of sp³-hybridized carbons (Fsp3) is 0. The van der Waals surface area contributed by atoms with E-state index in [0.29, 0.717) is 0 Å². The minimum atomic E-state index is 1.13. The number of hydrogen-bond donors (Lipinski definition) is 0. The zero-order valence-corrected chi connectivity index (χ0v) is 7.65. The van der Waals surface area contributed by atoms with Gasteiger partial charge in [0.05, 0.1) is 0 Å². The Morgan fingerprint density at radius 3 is 2.44 bits per heavy atom. The molecule has 0 N–H and O–H groups in total. The van der Waals surface area contributed by atoms with Gasteiger partial charge in [-0.15, -0.1) is 0 Å². The van der Waals surface area contributed by atoms with Gasteiger partial charge in [0.1, 0.15) is 0 Å². The number of thiocarbonyl (C=S) groups is 1. The highest BCUT2D eigenvalue weighted by atomic mass is 127. The van der Waals surface area contributed by atoms with E-state index in [0.717, 1.165) is 5.56 Å². The second-order valence-corrected chi connectivity index (χ2v) is 3.04. The van der Waals surface area contributed by atoms with E-state index < -0.39 is 0 Å². The summed E-state index contributed by atoms with van der Waals surface area (Å²) in [7, 11) is 0.